The molecular formula is C9H17O7P. The van der Waals surface area contributed by atoms with Crippen LogP contribution in [0.3, 0.4) is 0 Å². The lowest BCUT2D eigenvalue weighted by atomic mass is 9.75. The Hall–Kier alpha value is -0.880. The van der Waals surface area contributed by atoms with Crippen LogP contribution in [0.1, 0.15) is 34.1 Å². The van der Waals surface area contributed by atoms with Gasteiger partial charge in [-0.3, -0.25) is 14.4 Å². The molecule has 7 nitrogen and oxygen atoms in total. The molecule has 0 fully saturated rings. The molecule has 0 saturated carbocycles. The normalized spacial score (nSPS) is 11.2. The predicted octanol–water partition coefficient (Wildman–Crippen LogP) is 0.221. The Morgan fingerprint density at radius 1 is 0.941 bits per heavy atom. The smallest absolute Gasteiger partial charge is 0.303 e. The predicted molar refractivity (Wildman–Crippen MR) is 59.0 cm³/mol. The second kappa shape index (κ2) is 6.76. The Kier molecular flexibility index (Phi) is 7.35. The van der Waals surface area contributed by atoms with Gasteiger partial charge in [-0.1, -0.05) is 6.92 Å². The standard InChI is InChI=1S/C9H14O3.H3O4P/c1-5-9(6(2)10,7(3)11)8(4)12;1-5(2,3)4/h5H2,1-4H3;(H3,1,2,3,4). The average molecular weight is 268 g/mol. The molecule has 0 atom stereocenters. The molecule has 17 heavy (non-hydrogen) atoms. The highest BCUT2D eigenvalue weighted by molar-refractivity contribution is 7.45. The minimum Gasteiger partial charge on any atom is -0.303 e. The zero-order valence-corrected chi connectivity index (χ0v) is 11.0. The molecule has 0 unspecified atom stereocenters. The Morgan fingerprint density at radius 2 is 1.12 bits per heavy atom. The molecular weight excluding hydrogens is 251 g/mol. The van der Waals surface area contributed by atoms with Crippen molar-refractivity contribution in [2.75, 3.05) is 0 Å². The van der Waals surface area contributed by atoms with Crippen molar-refractivity contribution in [2.45, 2.75) is 34.1 Å². The Balaban J connectivity index is 0. The van der Waals surface area contributed by atoms with Crippen LogP contribution in [-0.4, -0.2) is 32.0 Å². The molecule has 0 aromatic carbocycles. The van der Waals surface area contributed by atoms with Gasteiger partial charge in [0.15, 0.2) is 17.3 Å². The lowest BCUT2D eigenvalue weighted by Crippen LogP contribution is -2.42. The molecule has 8 heteroatoms. The van der Waals surface area contributed by atoms with Crippen molar-refractivity contribution in [2.24, 2.45) is 5.41 Å². The van der Waals surface area contributed by atoms with Crippen LogP contribution in [0.2, 0.25) is 0 Å². The summed E-state index contributed by atoms with van der Waals surface area (Å²) >= 11 is 0. The van der Waals surface area contributed by atoms with Gasteiger partial charge >= 0.3 is 7.82 Å². The summed E-state index contributed by atoms with van der Waals surface area (Å²) in [5.74, 6) is -1.07. The summed E-state index contributed by atoms with van der Waals surface area (Å²) < 4.78 is 8.88. The fourth-order valence-corrected chi connectivity index (χ4v) is 1.49. The lowest BCUT2D eigenvalue weighted by Gasteiger charge is -2.23. The van der Waals surface area contributed by atoms with Gasteiger partial charge in [0.1, 0.15) is 5.41 Å². The van der Waals surface area contributed by atoms with Crippen LogP contribution in [0, 0.1) is 5.41 Å². The van der Waals surface area contributed by atoms with E-state index >= 15 is 0 Å². The van der Waals surface area contributed by atoms with Gasteiger partial charge < -0.3 is 14.7 Å². The monoisotopic (exact) mass is 268 g/mol. The number of hydrogen-bond donors (Lipinski definition) is 3. The van der Waals surface area contributed by atoms with E-state index in [1.807, 2.05) is 0 Å². The van der Waals surface area contributed by atoms with E-state index in [1.54, 1.807) is 6.92 Å². The van der Waals surface area contributed by atoms with Crippen molar-refractivity contribution in [3.8, 4) is 0 Å². The van der Waals surface area contributed by atoms with Crippen LogP contribution in [0.15, 0.2) is 0 Å². The van der Waals surface area contributed by atoms with E-state index in [-0.39, 0.29) is 23.8 Å². The second-order valence-corrected chi connectivity index (χ2v) is 4.47. The molecule has 0 bridgehead atoms. The van der Waals surface area contributed by atoms with Gasteiger partial charge in [-0.2, -0.15) is 0 Å². The molecule has 0 aliphatic carbocycles. The van der Waals surface area contributed by atoms with Gasteiger partial charge in [-0.05, 0) is 27.2 Å². The molecule has 0 aliphatic rings. The molecule has 0 rings (SSSR count). The Bertz CT molecular complexity index is 310. The summed E-state index contributed by atoms with van der Waals surface area (Å²) in [4.78, 5) is 55.0. The first-order valence-corrected chi connectivity index (χ1v) is 6.27. The van der Waals surface area contributed by atoms with Crippen molar-refractivity contribution >= 4 is 25.2 Å². The van der Waals surface area contributed by atoms with Gasteiger partial charge in [0.2, 0.25) is 0 Å². The van der Waals surface area contributed by atoms with Crippen LogP contribution in [0.5, 0.6) is 0 Å². The fraction of sp³-hybridized carbons (Fsp3) is 0.667. The summed E-state index contributed by atoms with van der Waals surface area (Å²) in [5, 5.41) is 0. The minimum absolute atomic E-state index is 0.257. The summed E-state index contributed by atoms with van der Waals surface area (Å²) in [6.07, 6.45) is 0.257. The van der Waals surface area contributed by atoms with Crippen molar-refractivity contribution in [1.82, 2.24) is 0 Å². The van der Waals surface area contributed by atoms with E-state index in [4.69, 9.17) is 19.2 Å². The molecule has 0 amide bonds. The third-order valence-corrected chi connectivity index (χ3v) is 2.33. The van der Waals surface area contributed by atoms with Gasteiger partial charge in [0, 0.05) is 0 Å². The SMILES string of the molecule is CCC(C(C)=O)(C(C)=O)C(C)=O.O=P(O)(O)O. The molecule has 0 saturated heterocycles. The molecule has 0 aliphatic heterocycles. The number of carbonyl (C=O) groups is 3. The van der Waals surface area contributed by atoms with Gasteiger partial charge in [0.05, 0.1) is 0 Å². The number of carbonyl (C=O) groups excluding carboxylic acids is 3. The van der Waals surface area contributed by atoms with E-state index in [1.165, 1.54) is 20.8 Å². The minimum atomic E-state index is -4.64. The molecule has 0 aromatic heterocycles. The molecule has 0 radical (unpaired) electrons. The van der Waals surface area contributed by atoms with E-state index in [2.05, 4.69) is 0 Å². The maximum Gasteiger partial charge on any atom is 0.466 e. The number of rotatable bonds is 4. The lowest BCUT2D eigenvalue weighted by molar-refractivity contribution is -0.146. The van der Waals surface area contributed by atoms with Crippen molar-refractivity contribution < 1.29 is 33.6 Å². The molecule has 0 heterocycles. The van der Waals surface area contributed by atoms with Gasteiger partial charge in [-0.15, -0.1) is 0 Å². The molecule has 100 valence electrons. The fourth-order valence-electron chi connectivity index (χ4n) is 1.49. The number of hydrogen-bond acceptors (Lipinski definition) is 4. The van der Waals surface area contributed by atoms with E-state index < -0.39 is 13.2 Å². The maximum absolute atomic E-state index is 11.1. The van der Waals surface area contributed by atoms with E-state index in [0.717, 1.165) is 0 Å². The highest BCUT2D eigenvalue weighted by Crippen LogP contribution is 2.26. The quantitative estimate of drug-likeness (QED) is 0.491. The molecule has 3 N–H and O–H groups in total. The van der Waals surface area contributed by atoms with Crippen LogP contribution < -0.4 is 0 Å². The summed E-state index contributed by atoms with van der Waals surface area (Å²) in [6, 6.07) is 0. The first-order chi connectivity index (χ1) is 7.39. The highest BCUT2D eigenvalue weighted by Gasteiger charge is 2.43. The number of phosphoric acid groups is 1. The van der Waals surface area contributed by atoms with E-state index in [9.17, 15) is 14.4 Å². The zero-order chi connectivity index (χ0) is 14.4. The maximum atomic E-state index is 11.1. The summed E-state index contributed by atoms with van der Waals surface area (Å²) in [6.45, 7) is 5.52. The zero-order valence-electron chi connectivity index (χ0n) is 10.1. The van der Waals surface area contributed by atoms with Crippen LogP contribution >= 0.6 is 7.82 Å². The van der Waals surface area contributed by atoms with Crippen molar-refractivity contribution in [3.63, 3.8) is 0 Å². The summed E-state index contributed by atoms with van der Waals surface area (Å²) in [7, 11) is -4.64. The first-order valence-electron chi connectivity index (χ1n) is 4.71. The Labute approximate surface area is 99.1 Å². The second-order valence-electron chi connectivity index (χ2n) is 3.44. The molecule has 0 aromatic rings. The van der Waals surface area contributed by atoms with Crippen molar-refractivity contribution in [1.29, 1.82) is 0 Å². The van der Waals surface area contributed by atoms with Gasteiger partial charge in [0.25, 0.3) is 0 Å². The summed E-state index contributed by atoms with van der Waals surface area (Å²) in [5.41, 5.74) is -1.38. The van der Waals surface area contributed by atoms with Crippen LogP contribution in [0.4, 0.5) is 0 Å². The number of ketones is 3. The third-order valence-electron chi connectivity index (χ3n) is 2.33. The topological polar surface area (TPSA) is 129 Å². The Morgan fingerprint density at radius 3 is 1.12 bits per heavy atom. The highest BCUT2D eigenvalue weighted by atomic mass is 31.2. The third kappa shape index (κ3) is 6.43. The van der Waals surface area contributed by atoms with Crippen LogP contribution in [-0.2, 0) is 18.9 Å². The van der Waals surface area contributed by atoms with Crippen molar-refractivity contribution in [3.05, 3.63) is 0 Å². The average Bonchev–Trinajstić information content (AvgIpc) is 1.99. The van der Waals surface area contributed by atoms with E-state index in [0.29, 0.717) is 0 Å². The van der Waals surface area contributed by atoms with Crippen LogP contribution in [0.25, 0.3) is 0 Å². The largest absolute Gasteiger partial charge is 0.466 e. The molecule has 0 spiro atoms. The first kappa shape index (κ1) is 18.5. The number of Topliss-reactive ketones (excluding diaryl/α,β-unsaturated/α-hetero) is 3. The van der Waals surface area contributed by atoms with Gasteiger partial charge in [-0.25, -0.2) is 4.57 Å².